The lowest BCUT2D eigenvalue weighted by molar-refractivity contribution is 0.0653. The van der Waals surface area contributed by atoms with Crippen molar-refractivity contribution in [1.29, 1.82) is 0 Å². The molecule has 1 aliphatic heterocycles. The number of carbonyl (C=O) groups is 2. The lowest BCUT2D eigenvalue weighted by atomic mass is 10.0. The minimum atomic E-state index is -0.0924. The van der Waals surface area contributed by atoms with E-state index in [0.717, 1.165) is 13.1 Å². The van der Waals surface area contributed by atoms with Crippen LogP contribution < -0.4 is 0 Å². The molecule has 132 valence electrons. The molecule has 6 nitrogen and oxygen atoms in total. The highest BCUT2D eigenvalue weighted by Crippen LogP contribution is 2.18. The van der Waals surface area contributed by atoms with E-state index in [1.54, 1.807) is 30.3 Å². The molecule has 6 heteroatoms. The molecule has 1 fully saturated rings. The Bertz CT molecular complexity index is 956. The first-order chi connectivity index (χ1) is 12.6. The Kier molecular flexibility index (Phi) is 4.26. The van der Waals surface area contributed by atoms with Gasteiger partial charge in [-0.05, 0) is 25.2 Å². The number of ketones is 1. The molecule has 1 aromatic heterocycles. The van der Waals surface area contributed by atoms with Crippen LogP contribution in [0.5, 0.6) is 0 Å². The number of likely N-dealkylation sites (N-methyl/N-ethyl adjacent to an activating group) is 1. The molecule has 0 bridgehead atoms. The number of amides is 1. The fraction of sp³-hybridized carbons (Fsp3) is 0.250. The van der Waals surface area contributed by atoms with Crippen LogP contribution in [0.4, 0.5) is 0 Å². The average molecular weight is 348 g/mol. The van der Waals surface area contributed by atoms with Crippen LogP contribution in [0.3, 0.4) is 0 Å². The number of nitrogens with one attached hydrogen (secondary N) is 1. The van der Waals surface area contributed by atoms with Crippen LogP contribution in [-0.2, 0) is 0 Å². The molecule has 0 radical (unpaired) electrons. The molecule has 2 aromatic carbocycles. The number of hydrogen-bond donors (Lipinski definition) is 1. The zero-order chi connectivity index (χ0) is 18.1. The Morgan fingerprint density at radius 1 is 0.962 bits per heavy atom. The minimum absolute atomic E-state index is 0.0472. The first-order valence-corrected chi connectivity index (χ1v) is 8.69. The van der Waals surface area contributed by atoms with Gasteiger partial charge in [-0.1, -0.05) is 30.3 Å². The molecular formula is C20H20N4O2. The molecule has 0 aliphatic carbocycles. The summed E-state index contributed by atoms with van der Waals surface area (Å²) in [6.07, 6.45) is 0. The van der Waals surface area contributed by atoms with Crippen molar-refractivity contribution in [2.45, 2.75) is 0 Å². The van der Waals surface area contributed by atoms with E-state index < -0.39 is 0 Å². The number of benzene rings is 2. The van der Waals surface area contributed by atoms with Gasteiger partial charge in [0.1, 0.15) is 0 Å². The van der Waals surface area contributed by atoms with Gasteiger partial charge >= 0.3 is 0 Å². The zero-order valence-electron chi connectivity index (χ0n) is 14.6. The second-order valence-corrected chi connectivity index (χ2v) is 6.61. The first-order valence-electron chi connectivity index (χ1n) is 8.69. The summed E-state index contributed by atoms with van der Waals surface area (Å²) >= 11 is 0. The smallest absolute Gasteiger partial charge is 0.289 e. The SMILES string of the molecule is CN1CCN(C(=O)c2nc3ccc(C(=O)c4ccccc4)cc3[nH]2)CC1. The lowest BCUT2D eigenvalue weighted by Gasteiger charge is -2.31. The number of piperazine rings is 1. The molecule has 0 atom stereocenters. The maximum absolute atomic E-state index is 12.7. The fourth-order valence-electron chi connectivity index (χ4n) is 3.17. The number of imidazole rings is 1. The highest BCUT2D eigenvalue weighted by Gasteiger charge is 2.23. The van der Waals surface area contributed by atoms with Crippen molar-refractivity contribution >= 4 is 22.7 Å². The number of rotatable bonds is 3. The summed E-state index contributed by atoms with van der Waals surface area (Å²) in [6.45, 7) is 3.12. The number of H-pyrrole nitrogens is 1. The number of fused-ring (bicyclic) bond motifs is 1. The number of nitrogens with zero attached hydrogens (tertiary/aromatic N) is 3. The van der Waals surface area contributed by atoms with Crippen molar-refractivity contribution in [3.8, 4) is 0 Å². The average Bonchev–Trinajstić information content (AvgIpc) is 3.11. The van der Waals surface area contributed by atoms with Gasteiger partial charge in [0.25, 0.3) is 5.91 Å². The molecule has 2 heterocycles. The maximum atomic E-state index is 12.7. The first kappa shape index (κ1) is 16.5. The van der Waals surface area contributed by atoms with Crippen LogP contribution in [0.1, 0.15) is 26.5 Å². The molecule has 1 N–H and O–H groups in total. The van der Waals surface area contributed by atoms with Crippen LogP contribution in [-0.4, -0.2) is 64.7 Å². The molecule has 4 rings (SSSR count). The second-order valence-electron chi connectivity index (χ2n) is 6.61. The summed E-state index contributed by atoms with van der Waals surface area (Å²) in [7, 11) is 2.05. The van der Waals surface area contributed by atoms with Gasteiger partial charge in [-0.15, -0.1) is 0 Å². The van der Waals surface area contributed by atoms with Crippen LogP contribution in [0.15, 0.2) is 48.5 Å². The van der Waals surface area contributed by atoms with Crippen LogP contribution in [0.25, 0.3) is 11.0 Å². The highest BCUT2D eigenvalue weighted by atomic mass is 16.2. The summed E-state index contributed by atoms with van der Waals surface area (Å²) in [5.74, 6) is 0.188. The molecule has 3 aromatic rings. The third kappa shape index (κ3) is 3.11. The number of aromatic amines is 1. The van der Waals surface area contributed by atoms with Crippen LogP contribution in [0, 0.1) is 0 Å². The van der Waals surface area contributed by atoms with Gasteiger partial charge in [0.15, 0.2) is 11.6 Å². The molecule has 0 saturated carbocycles. The molecule has 0 spiro atoms. The number of hydrogen-bond acceptors (Lipinski definition) is 4. The van der Waals surface area contributed by atoms with Crippen molar-refractivity contribution < 1.29 is 9.59 Å². The van der Waals surface area contributed by atoms with Crippen molar-refractivity contribution in [3.63, 3.8) is 0 Å². The predicted molar refractivity (Wildman–Crippen MR) is 99.4 cm³/mol. The summed E-state index contributed by atoms with van der Waals surface area (Å²) in [5, 5.41) is 0. The topological polar surface area (TPSA) is 69.3 Å². The van der Waals surface area contributed by atoms with E-state index in [2.05, 4.69) is 14.9 Å². The Morgan fingerprint density at radius 3 is 2.42 bits per heavy atom. The monoisotopic (exact) mass is 348 g/mol. The lowest BCUT2D eigenvalue weighted by Crippen LogP contribution is -2.47. The minimum Gasteiger partial charge on any atom is -0.334 e. The Balaban J connectivity index is 1.60. The van der Waals surface area contributed by atoms with Crippen molar-refractivity contribution in [2.24, 2.45) is 0 Å². The van der Waals surface area contributed by atoms with E-state index in [1.165, 1.54) is 0 Å². The Labute approximate surface area is 151 Å². The van der Waals surface area contributed by atoms with Gasteiger partial charge in [0.05, 0.1) is 11.0 Å². The molecular weight excluding hydrogens is 328 g/mol. The maximum Gasteiger partial charge on any atom is 0.289 e. The van der Waals surface area contributed by atoms with Gasteiger partial charge in [-0.2, -0.15) is 0 Å². The number of carbonyl (C=O) groups excluding carboxylic acids is 2. The van der Waals surface area contributed by atoms with Crippen LogP contribution in [0.2, 0.25) is 0 Å². The van der Waals surface area contributed by atoms with E-state index in [4.69, 9.17) is 0 Å². The summed E-state index contributed by atoms with van der Waals surface area (Å²) in [6, 6.07) is 14.4. The van der Waals surface area contributed by atoms with Crippen molar-refractivity contribution in [2.75, 3.05) is 33.2 Å². The normalized spacial score (nSPS) is 15.3. The summed E-state index contributed by atoms with van der Waals surface area (Å²) in [4.78, 5) is 36.8. The van der Waals surface area contributed by atoms with Gasteiger partial charge in [0.2, 0.25) is 0 Å². The third-order valence-electron chi connectivity index (χ3n) is 4.77. The highest BCUT2D eigenvalue weighted by molar-refractivity contribution is 6.10. The quantitative estimate of drug-likeness (QED) is 0.737. The molecule has 1 saturated heterocycles. The second kappa shape index (κ2) is 6.72. The van der Waals surface area contributed by atoms with E-state index >= 15 is 0 Å². The molecule has 26 heavy (non-hydrogen) atoms. The fourth-order valence-corrected chi connectivity index (χ4v) is 3.17. The van der Waals surface area contributed by atoms with Gasteiger partial charge < -0.3 is 14.8 Å². The molecule has 1 aliphatic rings. The molecule has 1 amide bonds. The Morgan fingerprint density at radius 2 is 1.69 bits per heavy atom. The molecule has 0 unspecified atom stereocenters. The third-order valence-corrected chi connectivity index (χ3v) is 4.77. The van der Waals surface area contributed by atoms with Gasteiger partial charge in [0, 0.05) is 37.3 Å². The van der Waals surface area contributed by atoms with E-state index in [9.17, 15) is 9.59 Å². The van der Waals surface area contributed by atoms with E-state index in [-0.39, 0.29) is 11.7 Å². The van der Waals surface area contributed by atoms with E-state index in [1.807, 2.05) is 30.1 Å². The summed E-state index contributed by atoms with van der Waals surface area (Å²) in [5.41, 5.74) is 2.60. The Hall–Kier alpha value is -2.99. The zero-order valence-corrected chi connectivity index (χ0v) is 14.6. The van der Waals surface area contributed by atoms with Crippen LogP contribution >= 0.6 is 0 Å². The standard InChI is InChI=1S/C20H20N4O2/c1-23-9-11-24(12-10-23)20(26)19-21-16-8-7-15(13-17(16)22-19)18(25)14-5-3-2-4-6-14/h2-8,13H,9-12H2,1H3,(H,21,22). The largest absolute Gasteiger partial charge is 0.334 e. The van der Waals surface area contributed by atoms with Gasteiger partial charge in [-0.3, -0.25) is 9.59 Å². The predicted octanol–water partition coefficient (Wildman–Crippen LogP) is 2.18. The van der Waals surface area contributed by atoms with Crippen molar-refractivity contribution in [1.82, 2.24) is 19.8 Å². The van der Waals surface area contributed by atoms with Gasteiger partial charge in [-0.25, -0.2) is 4.98 Å². The summed E-state index contributed by atoms with van der Waals surface area (Å²) < 4.78 is 0. The van der Waals surface area contributed by atoms with E-state index in [0.29, 0.717) is 41.1 Å². The number of aromatic nitrogens is 2. The van der Waals surface area contributed by atoms with Crippen molar-refractivity contribution in [3.05, 3.63) is 65.5 Å².